The molecule has 138 valence electrons. The van der Waals surface area contributed by atoms with Gasteiger partial charge < -0.3 is 19.3 Å². The topological polar surface area (TPSA) is 67.8 Å². The third-order valence-electron chi connectivity index (χ3n) is 4.09. The Bertz CT molecular complexity index is 605. The lowest BCUT2D eigenvalue weighted by molar-refractivity contribution is -0.140. The van der Waals surface area contributed by atoms with Crippen LogP contribution in [0.3, 0.4) is 0 Å². The van der Waals surface area contributed by atoms with Crippen LogP contribution in [0.25, 0.3) is 0 Å². The number of halogens is 1. The molecular weight excluding hydrogens is 364 g/mol. The van der Waals surface area contributed by atoms with Gasteiger partial charge in [0, 0.05) is 32.2 Å². The average molecular weight is 387 g/mol. The fourth-order valence-corrected chi connectivity index (χ4v) is 3.99. The third-order valence-corrected chi connectivity index (χ3v) is 5.12. The van der Waals surface area contributed by atoms with Gasteiger partial charge in [-0.05, 0) is 13.8 Å². The zero-order valence-corrected chi connectivity index (χ0v) is 16.1. The van der Waals surface area contributed by atoms with Crippen molar-refractivity contribution in [1.82, 2.24) is 14.9 Å². The molecule has 0 radical (unpaired) electrons. The highest BCUT2D eigenvalue weighted by Gasteiger charge is 2.26. The molecule has 0 saturated carbocycles. The van der Waals surface area contributed by atoms with Crippen LogP contribution >= 0.6 is 23.4 Å². The molecule has 1 aromatic heterocycles. The van der Waals surface area contributed by atoms with Crippen molar-refractivity contribution >= 4 is 35.1 Å². The fourth-order valence-electron chi connectivity index (χ4n) is 3.00. The van der Waals surface area contributed by atoms with Gasteiger partial charge in [-0.15, -0.1) is 0 Å². The number of carbonyl (C=O) groups is 1. The average Bonchev–Trinajstić information content (AvgIpc) is 2.59. The van der Waals surface area contributed by atoms with Gasteiger partial charge in [0.1, 0.15) is 11.0 Å². The number of anilines is 1. The number of thioether (sulfide) groups is 1. The van der Waals surface area contributed by atoms with Crippen molar-refractivity contribution in [3.63, 3.8) is 0 Å². The Hall–Kier alpha value is -1.09. The minimum atomic E-state index is 0.0630. The first kappa shape index (κ1) is 18.7. The maximum absolute atomic E-state index is 12.5. The molecule has 2 atom stereocenters. The second-order valence-corrected chi connectivity index (χ2v) is 7.61. The molecule has 2 aliphatic rings. The Morgan fingerprint density at radius 1 is 1.28 bits per heavy atom. The van der Waals surface area contributed by atoms with Gasteiger partial charge in [0.25, 0.3) is 0 Å². The number of ether oxygens (including phenoxy) is 2. The van der Waals surface area contributed by atoms with E-state index in [1.54, 1.807) is 6.07 Å². The third kappa shape index (κ3) is 5.20. The molecule has 2 aliphatic heterocycles. The summed E-state index contributed by atoms with van der Waals surface area (Å²) >= 11 is 7.46. The normalized spacial score (nSPS) is 24.4. The van der Waals surface area contributed by atoms with E-state index in [-0.39, 0.29) is 18.1 Å². The van der Waals surface area contributed by atoms with E-state index >= 15 is 0 Å². The predicted octanol–water partition coefficient (Wildman–Crippen LogP) is 1.69. The summed E-state index contributed by atoms with van der Waals surface area (Å²) in [5.41, 5.74) is 0. The van der Waals surface area contributed by atoms with Crippen LogP contribution in [-0.2, 0) is 14.3 Å². The molecule has 0 spiro atoms. The lowest BCUT2D eigenvalue weighted by Crippen LogP contribution is -2.48. The van der Waals surface area contributed by atoms with Crippen LogP contribution in [0.1, 0.15) is 13.8 Å². The van der Waals surface area contributed by atoms with E-state index in [1.807, 2.05) is 18.7 Å². The minimum absolute atomic E-state index is 0.0630. The minimum Gasteiger partial charge on any atom is -0.378 e. The van der Waals surface area contributed by atoms with Crippen LogP contribution in [0.5, 0.6) is 0 Å². The van der Waals surface area contributed by atoms with Crippen molar-refractivity contribution in [2.75, 3.05) is 50.0 Å². The molecule has 2 fully saturated rings. The van der Waals surface area contributed by atoms with Gasteiger partial charge in [0.05, 0.1) is 31.2 Å². The lowest BCUT2D eigenvalue weighted by Gasteiger charge is -2.35. The van der Waals surface area contributed by atoms with E-state index in [4.69, 9.17) is 21.1 Å². The van der Waals surface area contributed by atoms with Crippen LogP contribution in [0.4, 0.5) is 5.82 Å². The molecule has 0 aliphatic carbocycles. The van der Waals surface area contributed by atoms with Gasteiger partial charge in [-0.1, -0.05) is 23.4 Å². The fraction of sp³-hybridized carbons (Fsp3) is 0.688. The van der Waals surface area contributed by atoms with Crippen molar-refractivity contribution < 1.29 is 14.3 Å². The number of amides is 1. The van der Waals surface area contributed by atoms with Gasteiger partial charge in [-0.2, -0.15) is 0 Å². The number of carbonyl (C=O) groups excluding carboxylic acids is 1. The molecule has 7 nitrogen and oxygen atoms in total. The summed E-state index contributed by atoms with van der Waals surface area (Å²) in [4.78, 5) is 25.2. The number of nitrogens with zero attached hydrogens (tertiary/aromatic N) is 4. The van der Waals surface area contributed by atoms with Gasteiger partial charge in [-0.3, -0.25) is 4.79 Å². The summed E-state index contributed by atoms with van der Waals surface area (Å²) in [6.07, 6.45) is 0.126. The van der Waals surface area contributed by atoms with Crippen LogP contribution in [0.2, 0.25) is 5.15 Å². The zero-order valence-electron chi connectivity index (χ0n) is 14.5. The first-order chi connectivity index (χ1) is 12.0. The van der Waals surface area contributed by atoms with Crippen molar-refractivity contribution in [3.05, 3.63) is 11.2 Å². The maximum Gasteiger partial charge on any atom is 0.233 e. The first-order valence-corrected chi connectivity index (χ1v) is 9.81. The van der Waals surface area contributed by atoms with Gasteiger partial charge in [0.2, 0.25) is 5.91 Å². The van der Waals surface area contributed by atoms with Crippen LogP contribution in [0, 0.1) is 0 Å². The Morgan fingerprint density at radius 2 is 1.96 bits per heavy atom. The Kier molecular flexibility index (Phi) is 6.38. The molecular formula is C16H23ClN4O3S. The Morgan fingerprint density at radius 3 is 2.64 bits per heavy atom. The summed E-state index contributed by atoms with van der Waals surface area (Å²) in [6, 6.07) is 1.75. The molecule has 1 aromatic rings. The van der Waals surface area contributed by atoms with E-state index < -0.39 is 0 Å². The Labute approximate surface area is 157 Å². The van der Waals surface area contributed by atoms with Crippen LogP contribution < -0.4 is 4.90 Å². The molecule has 0 N–H and O–H groups in total. The second-order valence-electron chi connectivity index (χ2n) is 6.28. The number of hydrogen-bond donors (Lipinski definition) is 0. The highest BCUT2D eigenvalue weighted by molar-refractivity contribution is 7.99. The van der Waals surface area contributed by atoms with Gasteiger partial charge >= 0.3 is 0 Å². The summed E-state index contributed by atoms with van der Waals surface area (Å²) in [7, 11) is 0. The van der Waals surface area contributed by atoms with Crippen molar-refractivity contribution in [3.8, 4) is 0 Å². The molecule has 25 heavy (non-hydrogen) atoms. The molecule has 0 bridgehead atoms. The Balaban J connectivity index is 1.60. The molecule has 1 amide bonds. The quantitative estimate of drug-likeness (QED) is 0.443. The van der Waals surface area contributed by atoms with E-state index in [0.29, 0.717) is 42.4 Å². The zero-order chi connectivity index (χ0) is 17.8. The smallest absolute Gasteiger partial charge is 0.233 e. The summed E-state index contributed by atoms with van der Waals surface area (Å²) in [6.45, 7) is 8.12. The van der Waals surface area contributed by atoms with Crippen molar-refractivity contribution in [1.29, 1.82) is 0 Å². The number of morpholine rings is 2. The van der Waals surface area contributed by atoms with Crippen molar-refractivity contribution in [2.45, 2.75) is 31.2 Å². The highest BCUT2D eigenvalue weighted by atomic mass is 35.5. The number of aromatic nitrogens is 2. The van der Waals surface area contributed by atoms with Crippen LogP contribution in [0.15, 0.2) is 11.2 Å². The molecule has 3 rings (SSSR count). The van der Waals surface area contributed by atoms with E-state index in [0.717, 1.165) is 18.9 Å². The monoisotopic (exact) mass is 386 g/mol. The maximum atomic E-state index is 12.5. The van der Waals surface area contributed by atoms with Crippen molar-refractivity contribution in [2.24, 2.45) is 0 Å². The van der Waals surface area contributed by atoms with Gasteiger partial charge in [-0.25, -0.2) is 9.97 Å². The largest absolute Gasteiger partial charge is 0.378 e. The van der Waals surface area contributed by atoms with E-state index in [1.165, 1.54) is 11.8 Å². The first-order valence-electron chi connectivity index (χ1n) is 8.44. The van der Waals surface area contributed by atoms with Gasteiger partial charge in [0.15, 0.2) is 5.16 Å². The molecule has 3 heterocycles. The standard InChI is InChI=1S/C16H23ClN4O3S/c1-11-8-21(9-12(2)24-11)15(22)10-25-16-18-13(17)7-14(19-16)20-3-5-23-6-4-20/h7,11-12H,3-6,8-10H2,1-2H3. The number of hydrogen-bond acceptors (Lipinski definition) is 7. The predicted molar refractivity (Wildman–Crippen MR) is 97.4 cm³/mol. The molecule has 9 heteroatoms. The SMILES string of the molecule is CC1CN(C(=O)CSc2nc(Cl)cc(N3CCOCC3)n2)CC(C)O1. The second kappa shape index (κ2) is 8.53. The lowest BCUT2D eigenvalue weighted by atomic mass is 10.2. The van der Waals surface area contributed by atoms with E-state index in [2.05, 4.69) is 14.9 Å². The van der Waals surface area contributed by atoms with E-state index in [9.17, 15) is 4.79 Å². The molecule has 2 saturated heterocycles. The number of rotatable bonds is 4. The molecule has 0 aromatic carbocycles. The summed E-state index contributed by atoms with van der Waals surface area (Å²) in [5.74, 6) is 1.15. The highest BCUT2D eigenvalue weighted by Crippen LogP contribution is 2.23. The summed E-state index contributed by atoms with van der Waals surface area (Å²) in [5, 5.41) is 0.914. The van der Waals surface area contributed by atoms with Crippen LogP contribution in [-0.4, -0.2) is 78.1 Å². The summed E-state index contributed by atoms with van der Waals surface area (Å²) < 4.78 is 11.0. The molecule has 2 unspecified atom stereocenters.